The Morgan fingerprint density at radius 3 is 2.39 bits per heavy atom. The topological polar surface area (TPSA) is 188 Å². The summed E-state index contributed by atoms with van der Waals surface area (Å²) in [5.41, 5.74) is 5.07. The molecule has 156 valence electrons. The number of hydrogen-bond acceptors (Lipinski definition) is 6. The summed E-state index contributed by atoms with van der Waals surface area (Å²) in [6.45, 7) is 0.698. The Morgan fingerprint density at radius 2 is 1.82 bits per heavy atom. The van der Waals surface area contributed by atoms with Crippen molar-refractivity contribution in [2.45, 2.75) is 44.7 Å². The number of nitrogens with two attached hydrogens (primary N) is 1. The maximum atomic E-state index is 12.6. The van der Waals surface area contributed by atoms with Crippen molar-refractivity contribution < 1.29 is 33.9 Å². The molecule has 1 rings (SSSR count). The quantitative estimate of drug-likeness (QED) is 0.260. The molecule has 0 aromatic carbocycles. The first-order chi connectivity index (χ1) is 13.1. The van der Waals surface area contributed by atoms with E-state index in [4.69, 9.17) is 10.8 Å². The van der Waals surface area contributed by atoms with Crippen LogP contribution in [0.4, 0.5) is 0 Å². The minimum Gasteiger partial charge on any atom is -0.480 e. The van der Waals surface area contributed by atoms with Crippen LogP contribution in [0.5, 0.6) is 0 Å². The van der Waals surface area contributed by atoms with Crippen LogP contribution in [0, 0.1) is 0 Å². The number of rotatable bonds is 10. The summed E-state index contributed by atoms with van der Waals surface area (Å²) < 4.78 is 0. The standard InChI is InChI=1S/C16H25N5O7/c1-9(22)18-7-13(24)21-6-2-3-11(21)16(28)20-10(4-5-12(17)23)15(27)19-8-14(25)26/h10-11H,2-8H2,1H3,(H2,17,23)(H,18,22)(H,19,27)(H,20,28)(H,25,26)/t10-,11-/m0/s1. The second-order valence-corrected chi connectivity index (χ2v) is 6.33. The lowest BCUT2D eigenvalue weighted by atomic mass is 10.1. The first-order valence-electron chi connectivity index (χ1n) is 8.74. The monoisotopic (exact) mass is 399 g/mol. The third-order valence-corrected chi connectivity index (χ3v) is 4.09. The maximum Gasteiger partial charge on any atom is 0.322 e. The molecule has 0 saturated carbocycles. The van der Waals surface area contributed by atoms with Crippen LogP contribution in [0.1, 0.15) is 32.6 Å². The second-order valence-electron chi connectivity index (χ2n) is 6.33. The van der Waals surface area contributed by atoms with E-state index in [2.05, 4.69) is 16.0 Å². The van der Waals surface area contributed by atoms with E-state index in [9.17, 15) is 28.8 Å². The maximum absolute atomic E-state index is 12.6. The molecule has 12 heteroatoms. The molecule has 1 heterocycles. The van der Waals surface area contributed by atoms with Gasteiger partial charge in [0.25, 0.3) is 0 Å². The molecule has 5 amide bonds. The number of amides is 5. The van der Waals surface area contributed by atoms with E-state index < -0.39 is 48.2 Å². The van der Waals surface area contributed by atoms with Gasteiger partial charge >= 0.3 is 5.97 Å². The number of nitrogens with zero attached hydrogens (tertiary/aromatic N) is 1. The van der Waals surface area contributed by atoms with Gasteiger partial charge in [0.15, 0.2) is 0 Å². The highest BCUT2D eigenvalue weighted by Crippen LogP contribution is 2.18. The van der Waals surface area contributed by atoms with Gasteiger partial charge < -0.3 is 31.7 Å². The van der Waals surface area contributed by atoms with Gasteiger partial charge in [0.2, 0.25) is 29.5 Å². The lowest BCUT2D eigenvalue weighted by Gasteiger charge is -2.26. The lowest BCUT2D eigenvalue weighted by molar-refractivity contribution is -0.140. The van der Waals surface area contributed by atoms with Crippen LogP contribution in [-0.4, -0.2) is 77.2 Å². The number of primary amides is 1. The Bertz CT molecular complexity index is 651. The van der Waals surface area contributed by atoms with Gasteiger partial charge in [-0.2, -0.15) is 0 Å². The molecule has 1 aliphatic rings. The summed E-state index contributed by atoms with van der Waals surface area (Å²) in [5.74, 6) is -4.14. The summed E-state index contributed by atoms with van der Waals surface area (Å²) in [7, 11) is 0. The molecular formula is C16H25N5O7. The molecule has 2 atom stereocenters. The van der Waals surface area contributed by atoms with Crippen LogP contribution in [-0.2, 0) is 28.8 Å². The molecule has 12 nitrogen and oxygen atoms in total. The van der Waals surface area contributed by atoms with Gasteiger partial charge in [0, 0.05) is 19.9 Å². The van der Waals surface area contributed by atoms with Crippen molar-refractivity contribution >= 4 is 35.5 Å². The molecule has 1 aliphatic heterocycles. The molecule has 28 heavy (non-hydrogen) atoms. The zero-order valence-corrected chi connectivity index (χ0v) is 15.5. The molecule has 0 spiro atoms. The molecule has 1 saturated heterocycles. The number of aliphatic carboxylic acids is 1. The highest BCUT2D eigenvalue weighted by Gasteiger charge is 2.35. The summed E-state index contributed by atoms with van der Waals surface area (Å²) in [5, 5.41) is 15.6. The summed E-state index contributed by atoms with van der Waals surface area (Å²) in [6.07, 6.45) is 0.637. The van der Waals surface area contributed by atoms with Crippen molar-refractivity contribution in [2.24, 2.45) is 5.73 Å². The first kappa shape index (κ1) is 22.9. The molecule has 0 radical (unpaired) electrons. The number of nitrogens with one attached hydrogen (secondary N) is 3. The van der Waals surface area contributed by atoms with Crippen LogP contribution >= 0.6 is 0 Å². The second kappa shape index (κ2) is 10.8. The van der Waals surface area contributed by atoms with Crippen LogP contribution < -0.4 is 21.7 Å². The zero-order valence-electron chi connectivity index (χ0n) is 15.5. The SMILES string of the molecule is CC(=O)NCC(=O)N1CCC[C@H]1C(=O)N[C@@H](CCC(N)=O)C(=O)NCC(=O)O. The highest BCUT2D eigenvalue weighted by atomic mass is 16.4. The Balaban J connectivity index is 2.76. The smallest absolute Gasteiger partial charge is 0.322 e. The molecule has 1 fully saturated rings. The van der Waals surface area contributed by atoms with Crippen molar-refractivity contribution in [3.8, 4) is 0 Å². The van der Waals surface area contributed by atoms with Crippen LogP contribution in [0.2, 0.25) is 0 Å². The fourth-order valence-electron chi connectivity index (χ4n) is 2.75. The van der Waals surface area contributed by atoms with Crippen molar-refractivity contribution in [3.05, 3.63) is 0 Å². The van der Waals surface area contributed by atoms with E-state index in [1.807, 2.05) is 0 Å². The summed E-state index contributed by atoms with van der Waals surface area (Å²) >= 11 is 0. The van der Waals surface area contributed by atoms with Gasteiger partial charge in [-0.1, -0.05) is 0 Å². The van der Waals surface area contributed by atoms with Crippen LogP contribution in [0.3, 0.4) is 0 Å². The minimum atomic E-state index is -1.26. The summed E-state index contributed by atoms with van der Waals surface area (Å²) in [6, 6.07) is -2.00. The Kier molecular flexibility index (Phi) is 8.85. The van der Waals surface area contributed by atoms with E-state index in [0.717, 1.165) is 0 Å². The van der Waals surface area contributed by atoms with Crippen molar-refractivity contribution in [1.82, 2.24) is 20.9 Å². The fourth-order valence-corrected chi connectivity index (χ4v) is 2.75. The highest BCUT2D eigenvalue weighted by molar-refractivity contribution is 5.94. The summed E-state index contributed by atoms with van der Waals surface area (Å²) in [4.78, 5) is 70.8. The third-order valence-electron chi connectivity index (χ3n) is 4.09. The molecule has 0 unspecified atom stereocenters. The lowest BCUT2D eigenvalue weighted by Crippen LogP contribution is -2.54. The van der Waals surface area contributed by atoms with Gasteiger partial charge in [-0.25, -0.2) is 0 Å². The predicted molar refractivity (Wildman–Crippen MR) is 94.4 cm³/mol. The molecule has 0 aromatic heterocycles. The first-order valence-corrected chi connectivity index (χ1v) is 8.74. The average Bonchev–Trinajstić information content (AvgIpc) is 3.10. The molecular weight excluding hydrogens is 374 g/mol. The van der Waals surface area contributed by atoms with Gasteiger partial charge in [-0.15, -0.1) is 0 Å². The van der Waals surface area contributed by atoms with Crippen molar-refractivity contribution in [2.75, 3.05) is 19.6 Å². The Hall–Kier alpha value is -3.18. The number of carboxylic acids is 1. The largest absolute Gasteiger partial charge is 0.480 e. The van der Waals surface area contributed by atoms with E-state index in [0.29, 0.717) is 19.4 Å². The zero-order chi connectivity index (χ0) is 21.3. The Labute approximate surface area is 161 Å². The molecule has 6 N–H and O–H groups in total. The van der Waals surface area contributed by atoms with Gasteiger partial charge in [-0.05, 0) is 19.3 Å². The van der Waals surface area contributed by atoms with E-state index >= 15 is 0 Å². The predicted octanol–water partition coefficient (Wildman–Crippen LogP) is -2.94. The number of carbonyl (C=O) groups excluding carboxylic acids is 5. The fraction of sp³-hybridized carbons (Fsp3) is 0.625. The number of hydrogen-bond donors (Lipinski definition) is 5. The third kappa shape index (κ3) is 7.60. The van der Waals surface area contributed by atoms with E-state index in [-0.39, 0.29) is 25.3 Å². The van der Waals surface area contributed by atoms with Crippen LogP contribution in [0.25, 0.3) is 0 Å². The number of likely N-dealkylation sites (tertiary alicyclic amines) is 1. The van der Waals surface area contributed by atoms with E-state index in [1.54, 1.807) is 0 Å². The van der Waals surface area contributed by atoms with Gasteiger partial charge in [0.1, 0.15) is 18.6 Å². The Morgan fingerprint density at radius 1 is 1.14 bits per heavy atom. The molecule has 0 aliphatic carbocycles. The normalized spacial score (nSPS) is 16.8. The van der Waals surface area contributed by atoms with Crippen molar-refractivity contribution in [3.63, 3.8) is 0 Å². The van der Waals surface area contributed by atoms with Gasteiger partial charge in [0.05, 0.1) is 6.54 Å². The van der Waals surface area contributed by atoms with E-state index in [1.165, 1.54) is 11.8 Å². The van der Waals surface area contributed by atoms with Crippen molar-refractivity contribution in [1.29, 1.82) is 0 Å². The van der Waals surface area contributed by atoms with Crippen LogP contribution in [0.15, 0.2) is 0 Å². The average molecular weight is 399 g/mol. The molecule has 0 aromatic rings. The molecule has 0 bridgehead atoms. The number of carbonyl (C=O) groups is 6. The number of carboxylic acid groups (broad SMARTS) is 1. The van der Waals surface area contributed by atoms with Gasteiger partial charge in [-0.3, -0.25) is 28.8 Å². The minimum absolute atomic E-state index is 0.112.